The Balaban J connectivity index is 0.000000496. The van der Waals surface area contributed by atoms with E-state index in [-0.39, 0.29) is 59.3 Å². The second-order valence-electron chi connectivity index (χ2n) is 14.8. The van der Waals surface area contributed by atoms with E-state index < -0.39 is 43.2 Å². The highest BCUT2D eigenvalue weighted by atomic mass is 79.9. The van der Waals surface area contributed by atoms with Crippen LogP contribution < -0.4 is 21.1 Å². The van der Waals surface area contributed by atoms with Crippen LogP contribution in [0.1, 0.15) is 54.4 Å². The molecule has 0 unspecified atom stereocenters. The van der Waals surface area contributed by atoms with Gasteiger partial charge >= 0.3 is 24.2 Å². The molecule has 5 N–H and O–H groups in total. The Bertz CT molecular complexity index is 2310. The van der Waals surface area contributed by atoms with Crippen LogP contribution in [0.5, 0.6) is 0 Å². The highest BCUT2D eigenvalue weighted by molar-refractivity contribution is 9.11. The standard InChI is InChI=1S/C16H19BrF3N5O3S.C8H4BrClF3NO3S.C8H16N4.C4H8O.ClH/c1-4-21-14(25-9-15(2,3)8-22-25)24-29(27,28)10-5-6-12(11(17)7-10)23-13(26)16(18,19)20;9-5-3-4(18(10,16)17)1-2-6(5)14-7(15)8(11,12)13;1-4-10-7(9)12-6-8(2,3)5-11-12;1-2-4-5-3-1;/h5-8H,4,9H2,1-3H3,(H,21,24)(H,23,26);1-3H,(H,14,15);5H,4,6H2,1-3H3,(H2,9,10);1-4H2;1H. The van der Waals surface area contributed by atoms with Gasteiger partial charge in [0.05, 0.1) is 34.3 Å². The Morgan fingerprint density at radius 2 is 1.20 bits per heavy atom. The first-order chi connectivity index (χ1) is 29.3. The lowest BCUT2D eigenvalue weighted by Gasteiger charge is -2.21. The number of amides is 2. The molecule has 0 bridgehead atoms. The molecule has 1 fully saturated rings. The average Bonchev–Trinajstić information content (AvgIpc) is 3.95. The minimum absolute atomic E-state index is 0. The third-order valence-corrected chi connectivity index (χ3v) is 11.9. The lowest BCUT2D eigenvalue weighted by atomic mass is 9.97. The van der Waals surface area contributed by atoms with Gasteiger partial charge in [-0.25, -0.2) is 31.6 Å². The number of ether oxygens (including phenoxy) is 1. The number of nitrogens with two attached hydrogens (primary N) is 1. The van der Waals surface area contributed by atoms with Gasteiger partial charge in [-0.05, 0) is 94.9 Å². The number of nitrogens with one attached hydrogen (secondary N) is 3. The molecule has 1 saturated heterocycles. The summed E-state index contributed by atoms with van der Waals surface area (Å²) in [5, 5.41) is 14.7. The predicted molar refractivity (Wildman–Crippen MR) is 246 cm³/mol. The summed E-state index contributed by atoms with van der Waals surface area (Å²) in [5.41, 5.74) is 5.09. The van der Waals surface area contributed by atoms with Crippen LogP contribution in [0.3, 0.4) is 0 Å². The maximum Gasteiger partial charge on any atom is 0.471 e. The number of rotatable bonds is 7. The summed E-state index contributed by atoms with van der Waals surface area (Å²) in [6.45, 7) is 16.0. The van der Waals surface area contributed by atoms with Crippen LogP contribution in [-0.2, 0) is 33.4 Å². The summed E-state index contributed by atoms with van der Waals surface area (Å²) in [4.78, 5) is 29.4. The van der Waals surface area contributed by atoms with Gasteiger partial charge in [-0.3, -0.25) is 19.6 Å². The molecular formula is C36H48Br2Cl2F6N10O7S2. The summed E-state index contributed by atoms with van der Waals surface area (Å²) in [6.07, 6.45) is -3.95. The molecule has 0 aliphatic carbocycles. The number of carbonyl (C=O) groups excluding carboxylic acids is 2. The summed E-state index contributed by atoms with van der Waals surface area (Å²) in [5.74, 6) is -3.79. The highest BCUT2D eigenvalue weighted by Gasteiger charge is 2.40. The summed E-state index contributed by atoms with van der Waals surface area (Å²) in [6, 6.07) is 6.14. The Kier molecular flexibility index (Phi) is 22.7. The van der Waals surface area contributed by atoms with Crippen LogP contribution in [0, 0.1) is 10.8 Å². The molecule has 2 aromatic rings. The molecule has 0 radical (unpaired) electrons. The monoisotopic (exact) mass is 1140 g/mol. The Morgan fingerprint density at radius 3 is 1.54 bits per heavy atom. The summed E-state index contributed by atoms with van der Waals surface area (Å²) in [7, 11) is -3.06. The van der Waals surface area contributed by atoms with Crippen LogP contribution in [0.25, 0.3) is 0 Å². The van der Waals surface area contributed by atoms with Crippen LogP contribution in [0.4, 0.5) is 37.7 Å². The van der Waals surface area contributed by atoms with E-state index in [4.69, 9.17) is 21.2 Å². The third kappa shape index (κ3) is 20.3. The van der Waals surface area contributed by atoms with Crippen molar-refractivity contribution in [3.05, 3.63) is 45.3 Å². The second-order valence-corrected chi connectivity index (χ2v) is 20.7. The molecule has 0 aromatic heterocycles. The molecule has 29 heteroatoms. The molecule has 0 spiro atoms. The van der Waals surface area contributed by atoms with Gasteiger partial charge in [-0.2, -0.15) is 36.5 Å². The zero-order valence-electron chi connectivity index (χ0n) is 35.5. The van der Waals surface area contributed by atoms with Crippen molar-refractivity contribution in [2.75, 3.05) is 50.0 Å². The number of carbonyl (C=O) groups is 2. The molecule has 3 aliphatic rings. The molecule has 3 aliphatic heterocycles. The number of aliphatic imine (C=N–C) groups is 2. The number of nitrogens with zero attached hydrogens (tertiary/aromatic N) is 6. The van der Waals surface area contributed by atoms with Crippen LogP contribution in [-0.4, -0.2) is 115 Å². The minimum atomic E-state index is -5.07. The fraction of sp³-hybridized carbons (Fsp3) is 0.500. The average molecular weight is 1140 g/mol. The smallest absolute Gasteiger partial charge is 0.381 e. The fourth-order valence-electron chi connectivity index (χ4n) is 4.81. The number of alkyl halides is 6. The van der Waals surface area contributed by atoms with E-state index in [2.05, 4.69) is 70.6 Å². The Morgan fingerprint density at radius 1 is 0.785 bits per heavy atom. The lowest BCUT2D eigenvalue weighted by Crippen LogP contribution is -2.42. The fourth-order valence-corrected chi connectivity index (χ4v) is 7.89. The van der Waals surface area contributed by atoms with E-state index in [9.17, 15) is 52.8 Å². The van der Waals surface area contributed by atoms with Crippen molar-refractivity contribution in [2.24, 2.45) is 36.8 Å². The maximum absolute atomic E-state index is 12.7. The number of hydrazone groups is 2. The molecule has 366 valence electrons. The lowest BCUT2D eigenvalue weighted by molar-refractivity contribution is -0.167. The number of hydrogen-bond donors (Lipinski definition) is 4. The van der Waals surface area contributed by atoms with Crippen molar-refractivity contribution in [3.63, 3.8) is 0 Å². The molecule has 5 rings (SSSR count). The van der Waals surface area contributed by atoms with Crippen molar-refractivity contribution in [3.8, 4) is 0 Å². The normalized spacial score (nSPS) is 16.8. The third-order valence-electron chi connectivity index (χ3n) is 7.88. The van der Waals surface area contributed by atoms with Gasteiger partial charge in [0.2, 0.25) is 11.9 Å². The van der Waals surface area contributed by atoms with Gasteiger partial charge in [0.25, 0.3) is 19.1 Å². The van der Waals surface area contributed by atoms with E-state index in [1.54, 1.807) is 28.8 Å². The molecule has 2 aromatic carbocycles. The van der Waals surface area contributed by atoms with Crippen molar-refractivity contribution >= 4 is 122 Å². The Labute approximate surface area is 400 Å². The first-order valence-corrected chi connectivity index (χ1v) is 24.1. The number of hydrogen-bond acceptors (Lipinski definition) is 11. The van der Waals surface area contributed by atoms with Crippen LogP contribution >= 0.6 is 54.9 Å². The minimum Gasteiger partial charge on any atom is -0.381 e. The molecule has 65 heavy (non-hydrogen) atoms. The quantitative estimate of drug-likeness (QED) is 0.0915. The van der Waals surface area contributed by atoms with Crippen molar-refractivity contribution in [2.45, 2.75) is 76.5 Å². The van der Waals surface area contributed by atoms with E-state index in [1.807, 2.05) is 27.0 Å². The number of halogens is 10. The van der Waals surface area contributed by atoms with E-state index in [0.717, 1.165) is 56.2 Å². The van der Waals surface area contributed by atoms with Crippen LogP contribution in [0.2, 0.25) is 0 Å². The van der Waals surface area contributed by atoms with Gasteiger partial charge in [0.15, 0.2) is 0 Å². The van der Waals surface area contributed by atoms with E-state index in [1.165, 1.54) is 17.9 Å². The van der Waals surface area contributed by atoms with E-state index in [0.29, 0.717) is 25.6 Å². The van der Waals surface area contributed by atoms with Crippen LogP contribution in [0.15, 0.2) is 75.3 Å². The number of anilines is 2. The SMILES string of the molecule is C1CCOC1.CCN=C(N)N1CC(C)(C)C=N1.CCN=C(NS(=O)(=O)c1ccc(NC(=O)C(F)(F)F)c(Br)c1)N1CC(C)(C)C=N1.Cl.O=C(Nc1ccc(S(=O)(=O)Cl)cc1Br)C(F)(F)F. The number of benzene rings is 2. The first-order valence-electron chi connectivity index (χ1n) is 18.7. The van der Waals surface area contributed by atoms with Gasteiger partial charge in [-0.15, -0.1) is 12.4 Å². The topological polar surface area (TPSA) is 230 Å². The molecule has 17 nitrogen and oxygen atoms in total. The van der Waals surface area contributed by atoms with Gasteiger partial charge in [-0.1, -0.05) is 27.7 Å². The number of sulfonamides is 1. The highest BCUT2D eigenvalue weighted by Crippen LogP contribution is 2.30. The zero-order valence-corrected chi connectivity index (χ0v) is 41.9. The molecule has 0 atom stereocenters. The molecular weight excluding hydrogens is 1090 g/mol. The maximum atomic E-state index is 12.7. The van der Waals surface area contributed by atoms with Gasteiger partial charge in [0, 0.05) is 69.2 Å². The zero-order chi connectivity index (χ0) is 48.9. The van der Waals surface area contributed by atoms with Gasteiger partial charge < -0.3 is 21.1 Å². The van der Waals surface area contributed by atoms with Crippen molar-refractivity contribution in [1.29, 1.82) is 0 Å². The molecule has 2 amide bonds. The second kappa shape index (κ2) is 24.8. The molecule has 3 heterocycles. The number of guanidine groups is 2. The largest absolute Gasteiger partial charge is 0.471 e. The molecule has 0 saturated carbocycles. The summed E-state index contributed by atoms with van der Waals surface area (Å²) < 4.78 is 128. The van der Waals surface area contributed by atoms with Gasteiger partial charge in [0.1, 0.15) is 0 Å². The summed E-state index contributed by atoms with van der Waals surface area (Å²) >= 11 is 5.80. The Hall–Kier alpha value is -3.76. The van der Waals surface area contributed by atoms with E-state index >= 15 is 0 Å². The van der Waals surface area contributed by atoms with Crippen molar-refractivity contribution < 1.29 is 57.5 Å². The van der Waals surface area contributed by atoms with Crippen molar-refractivity contribution in [1.82, 2.24) is 14.7 Å². The predicted octanol–water partition coefficient (Wildman–Crippen LogP) is 7.68. The first kappa shape index (κ1) is 59.3.